The molecule has 2 aromatic heterocycles. The van der Waals surface area contributed by atoms with E-state index in [0.717, 1.165) is 52.6 Å². The zero-order valence-electron chi connectivity index (χ0n) is 16.8. The standard InChI is InChI=1S/C22H25ClN4OS/c1-28-16-7-8-17(18(23)11-16)19-20-25-21(29-2)22(27(20)10-9-24-19)26(12-14-3-4-14)13-15-5-6-15/h7-11,14-15H,3-6,12-13H2,1-2H3. The lowest BCUT2D eigenvalue weighted by atomic mass is 10.1. The van der Waals surface area contributed by atoms with E-state index in [9.17, 15) is 0 Å². The fourth-order valence-corrected chi connectivity index (χ4v) is 4.69. The molecule has 0 saturated heterocycles. The molecule has 0 atom stereocenters. The number of methoxy groups -OCH3 is 1. The summed E-state index contributed by atoms with van der Waals surface area (Å²) in [5.74, 6) is 3.59. The molecule has 5 nitrogen and oxygen atoms in total. The Labute approximate surface area is 180 Å². The van der Waals surface area contributed by atoms with Crippen molar-refractivity contribution < 1.29 is 4.74 Å². The summed E-state index contributed by atoms with van der Waals surface area (Å²) in [5.41, 5.74) is 2.54. The smallest absolute Gasteiger partial charge is 0.166 e. The van der Waals surface area contributed by atoms with Gasteiger partial charge in [0, 0.05) is 31.0 Å². The summed E-state index contributed by atoms with van der Waals surface area (Å²) in [6.07, 6.45) is 11.4. The maximum absolute atomic E-state index is 6.57. The normalized spacial score (nSPS) is 16.4. The van der Waals surface area contributed by atoms with Crippen LogP contribution >= 0.6 is 23.4 Å². The van der Waals surface area contributed by atoms with Crippen molar-refractivity contribution in [2.24, 2.45) is 11.8 Å². The SMILES string of the molecule is COc1ccc(-c2nccn3c(N(CC4CC4)CC4CC4)c(SC)nc23)c(Cl)c1. The van der Waals surface area contributed by atoms with Crippen LogP contribution in [0.5, 0.6) is 5.75 Å². The third kappa shape index (κ3) is 3.80. The van der Waals surface area contributed by atoms with Crippen LogP contribution in [0.25, 0.3) is 16.9 Å². The van der Waals surface area contributed by atoms with Crippen LogP contribution in [0.15, 0.2) is 35.6 Å². The Morgan fingerprint density at radius 1 is 1.21 bits per heavy atom. The minimum Gasteiger partial charge on any atom is -0.497 e. The maximum atomic E-state index is 6.57. The molecular weight excluding hydrogens is 404 g/mol. The summed E-state index contributed by atoms with van der Waals surface area (Å²) in [4.78, 5) is 12.2. The molecule has 5 rings (SSSR count). The van der Waals surface area contributed by atoms with Crippen molar-refractivity contribution in [1.29, 1.82) is 0 Å². The second-order valence-corrected chi connectivity index (χ2v) is 9.25. The van der Waals surface area contributed by atoms with Gasteiger partial charge < -0.3 is 9.64 Å². The first kappa shape index (κ1) is 19.1. The van der Waals surface area contributed by atoms with Crippen LogP contribution in [0.3, 0.4) is 0 Å². The number of rotatable bonds is 8. The molecule has 1 aromatic carbocycles. The van der Waals surface area contributed by atoms with E-state index in [-0.39, 0.29) is 0 Å². The lowest BCUT2D eigenvalue weighted by Crippen LogP contribution is -2.29. The fourth-order valence-electron chi connectivity index (χ4n) is 3.84. The van der Waals surface area contributed by atoms with Crippen LogP contribution in [0, 0.1) is 11.8 Å². The molecule has 0 radical (unpaired) electrons. The monoisotopic (exact) mass is 428 g/mol. The van der Waals surface area contributed by atoms with Crippen LogP contribution in [-0.2, 0) is 0 Å². The molecule has 0 aliphatic heterocycles. The highest BCUT2D eigenvalue weighted by molar-refractivity contribution is 7.98. The molecule has 152 valence electrons. The average Bonchev–Trinajstić information content (AvgIpc) is 3.66. The summed E-state index contributed by atoms with van der Waals surface area (Å²) in [5, 5.41) is 1.68. The Hall–Kier alpha value is -1.92. The van der Waals surface area contributed by atoms with Gasteiger partial charge in [0.25, 0.3) is 0 Å². The number of hydrogen-bond donors (Lipinski definition) is 0. The second-order valence-electron chi connectivity index (χ2n) is 8.05. The van der Waals surface area contributed by atoms with E-state index in [1.807, 2.05) is 30.6 Å². The van der Waals surface area contributed by atoms with Gasteiger partial charge in [-0.2, -0.15) is 0 Å². The maximum Gasteiger partial charge on any atom is 0.166 e. The Morgan fingerprint density at radius 3 is 2.52 bits per heavy atom. The number of imidazole rings is 1. The van der Waals surface area contributed by atoms with Gasteiger partial charge in [-0.05, 0) is 62.0 Å². The number of anilines is 1. The first-order chi connectivity index (χ1) is 14.2. The Bertz CT molecular complexity index is 1030. The van der Waals surface area contributed by atoms with Crippen molar-refractivity contribution in [3.05, 3.63) is 35.6 Å². The molecule has 2 saturated carbocycles. The number of thioether (sulfide) groups is 1. The summed E-state index contributed by atoms with van der Waals surface area (Å²) in [6.45, 7) is 2.25. The van der Waals surface area contributed by atoms with E-state index in [4.69, 9.17) is 21.3 Å². The van der Waals surface area contributed by atoms with E-state index in [1.54, 1.807) is 18.9 Å². The zero-order valence-corrected chi connectivity index (χ0v) is 18.3. The highest BCUT2D eigenvalue weighted by Crippen LogP contribution is 2.40. The Balaban J connectivity index is 1.63. The fraction of sp³-hybridized carbons (Fsp3) is 0.455. The first-order valence-corrected chi connectivity index (χ1v) is 11.8. The van der Waals surface area contributed by atoms with E-state index >= 15 is 0 Å². The van der Waals surface area contributed by atoms with Gasteiger partial charge in [-0.1, -0.05) is 11.6 Å². The molecule has 0 spiro atoms. The summed E-state index contributed by atoms with van der Waals surface area (Å²) in [6, 6.07) is 5.70. The number of ether oxygens (including phenoxy) is 1. The number of halogens is 1. The molecule has 0 bridgehead atoms. The van der Waals surface area contributed by atoms with Gasteiger partial charge in [0.15, 0.2) is 5.65 Å². The Morgan fingerprint density at radius 2 is 1.93 bits per heavy atom. The van der Waals surface area contributed by atoms with Gasteiger partial charge in [-0.3, -0.25) is 9.38 Å². The van der Waals surface area contributed by atoms with Crippen molar-refractivity contribution in [2.75, 3.05) is 31.4 Å². The molecule has 7 heteroatoms. The second kappa shape index (κ2) is 7.73. The van der Waals surface area contributed by atoms with Crippen molar-refractivity contribution in [3.8, 4) is 17.0 Å². The predicted octanol–water partition coefficient (Wildman–Crippen LogP) is 5.41. The van der Waals surface area contributed by atoms with Crippen LogP contribution in [-0.4, -0.2) is 40.8 Å². The molecule has 0 N–H and O–H groups in total. The lowest BCUT2D eigenvalue weighted by molar-refractivity contribution is 0.415. The number of fused-ring (bicyclic) bond motifs is 1. The predicted molar refractivity (Wildman–Crippen MR) is 119 cm³/mol. The van der Waals surface area contributed by atoms with Crippen LogP contribution in [0.1, 0.15) is 25.7 Å². The molecule has 2 heterocycles. The van der Waals surface area contributed by atoms with Gasteiger partial charge in [0.1, 0.15) is 22.3 Å². The van der Waals surface area contributed by atoms with Crippen molar-refractivity contribution in [2.45, 2.75) is 30.7 Å². The van der Waals surface area contributed by atoms with Gasteiger partial charge in [-0.25, -0.2) is 4.98 Å². The van der Waals surface area contributed by atoms with Crippen LogP contribution in [0.4, 0.5) is 5.82 Å². The van der Waals surface area contributed by atoms with E-state index < -0.39 is 0 Å². The quantitative estimate of drug-likeness (QED) is 0.449. The average molecular weight is 429 g/mol. The highest BCUT2D eigenvalue weighted by Gasteiger charge is 2.32. The number of benzene rings is 1. The van der Waals surface area contributed by atoms with Gasteiger partial charge in [0.05, 0.1) is 12.1 Å². The number of hydrogen-bond acceptors (Lipinski definition) is 5. The summed E-state index contributed by atoms with van der Waals surface area (Å²) in [7, 11) is 1.64. The molecule has 3 aromatic rings. The highest BCUT2D eigenvalue weighted by atomic mass is 35.5. The third-order valence-electron chi connectivity index (χ3n) is 5.76. The number of aromatic nitrogens is 3. The van der Waals surface area contributed by atoms with Gasteiger partial charge >= 0.3 is 0 Å². The van der Waals surface area contributed by atoms with Crippen LogP contribution in [0.2, 0.25) is 5.02 Å². The van der Waals surface area contributed by atoms with E-state index in [2.05, 4.69) is 20.5 Å². The molecular formula is C22H25ClN4OS. The van der Waals surface area contributed by atoms with E-state index in [1.165, 1.54) is 31.5 Å². The Kier molecular flexibility index (Phi) is 5.08. The first-order valence-electron chi connectivity index (χ1n) is 10.2. The molecule has 2 aliphatic rings. The van der Waals surface area contributed by atoms with Crippen LogP contribution < -0.4 is 9.64 Å². The molecule has 2 aliphatic carbocycles. The molecule has 2 fully saturated rings. The zero-order chi connectivity index (χ0) is 20.0. The summed E-state index contributed by atoms with van der Waals surface area (Å²) < 4.78 is 7.50. The lowest BCUT2D eigenvalue weighted by Gasteiger charge is -2.25. The topological polar surface area (TPSA) is 42.7 Å². The largest absolute Gasteiger partial charge is 0.497 e. The van der Waals surface area contributed by atoms with Gasteiger partial charge in [0.2, 0.25) is 0 Å². The van der Waals surface area contributed by atoms with E-state index in [0.29, 0.717) is 5.02 Å². The minimum atomic E-state index is 0.619. The minimum absolute atomic E-state index is 0.619. The third-order valence-corrected chi connectivity index (χ3v) is 6.73. The number of nitrogens with zero attached hydrogens (tertiary/aromatic N) is 4. The molecule has 0 amide bonds. The van der Waals surface area contributed by atoms with Gasteiger partial charge in [-0.15, -0.1) is 11.8 Å². The van der Waals surface area contributed by atoms with Crippen molar-refractivity contribution in [1.82, 2.24) is 14.4 Å². The van der Waals surface area contributed by atoms with Crippen molar-refractivity contribution >= 4 is 34.8 Å². The van der Waals surface area contributed by atoms with Crippen molar-refractivity contribution in [3.63, 3.8) is 0 Å². The molecule has 29 heavy (non-hydrogen) atoms. The molecule has 0 unspecified atom stereocenters. The summed E-state index contributed by atoms with van der Waals surface area (Å²) >= 11 is 8.27.